The van der Waals surface area contributed by atoms with Crippen LogP contribution >= 0.6 is 0 Å². The predicted octanol–water partition coefficient (Wildman–Crippen LogP) is 2.93. The van der Waals surface area contributed by atoms with Crippen LogP contribution in [0.2, 0.25) is 0 Å². The van der Waals surface area contributed by atoms with E-state index in [-0.39, 0.29) is 24.3 Å². The molecule has 6 heteroatoms. The van der Waals surface area contributed by atoms with Gasteiger partial charge in [0, 0.05) is 23.1 Å². The van der Waals surface area contributed by atoms with Crippen molar-refractivity contribution in [2.24, 2.45) is 5.92 Å². The van der Waals surface area contributed by atoms with Gasteiger partial charge in [-0.3, -0.25) is 9.59 Å². The number of carbonyl (C=O) groups excluding carboxylic acids is 1. The summed E-state index contributed by atoms with van der Waals surface area (Å²) in [5.41, 5.74) is 1.50. The number of benzene rings is 2. The fraction of sp³-hybridized carbons (Fsp3) is 0.300. The molecule has 2 unspecified atom stereocenters. The van der Waals surface area contributed by atoms with Gasteiger partial charge < -0.3 is 19.5 Å². The van der Waals surface area contributed by atoms with Crippen molar-refractivity contribution in [2.75, 3.05) is 25.7 Å². The van der Waals surface area contributed by atoms with Gasteiger partial charge in [0.15, 0.2) is 0 Å². The lowest BCUT2D eigenvalue weighted by atomic mass is 10.1. The Hall–Kier alpha value is -3.02. The van der Waals surface area contributed by atoms with E-state index in [0.717, 1.165) is 5.56 Å². The van der Waals surface area contributed by atoms with Gasteiger partial charge in [-0.15, -0.1) is 0 Å². The first-order valence-corrected chi connectivity index (χ1v) is 8.35. The van der Waals surface area contributed by atoms with Gasteiger partial charge in [-0.25, -0.2) is 0 Å². The molecule has 0 bridgehead atoms. The summed E-state index contributed by atoms with van der Waals surface area (Å²) in [6.07, 6.45) is 0.658. The molecule has 1 aliphatic rings. The van der Waals surface area contributed by atoms with Gasteiger partial charge in [0.05, 0.1) is 14.2 Å². The van der Waals surface area contributed by atoms with E-state index in [9.17, 15) is 14.7 Å². The Labute approximate surface area is 152 Å². The van der Waals surface area contributed by atoms with Crippen molar-refractivity contribution in [3.63, 3.8) is 0 Å². The van der Waals surface area contributed by atoms with E-state index in [0.29, 0.717) is 23.6 Å². The molecule has 2 atom stereocenters. The Morgan fingerprint density at radius 1 is 1.12 bits per heavy atom. The number of carboxylic acid groups (broad SMARTS) is 1. The third kappa shape index (κ3) is 3.64. The topological polar surface area (TPSA) is 76.1 Å². The van der Waals surface area contributed by atoms with Crippen molar-refractivity contribution in [3.05, 3.63) is 54.1 Å². The first kappa shape index (κ1) is 17.8. The van der Waals surface area contributed by atoms with Gasteiger partial charge in [-0.2, -0.15) is 0 Å². The van der Waals surface area contributed by atoms with Crippen LogP contribution in [-0.4, -0.2) is 37.7 Å². The summed E-state index contributed by atoms with van der Waals surface area (Å²) in [5.74, 6) is -0.102. The fourth-order valence-electron chi connectivity index (χ4n) is 3.18. The standard InChI is InChI=1S/C20H21NO5/c1-25-14-8-9-18(26-2)16(10-14)15-11-17(15)20(24)21(12-19(22)23)13-6-4-3-5-7-13/h3-10,15,17H,11-12H2,1-2H3,(H,22,23). The molecule has 0 spiro atoms. The van der Waals surface area contributed by atoms with Gasteiger partial charge in [0.1, 0.15) is 18.0 Å². The number of methoxy groups -OCH3 is 2. The molecule has 0 saturated heterocycles. The van der Waals surface area contributed by atoms with Gasteiger partial charge in [0.25, 0.3) is 0 Å². The zero-order chi connectivity index (χ0) is 18.7. The van der Waals surface area contributed by atoms with Crippen LogP contribution in [-0.2, 0) is 9.59 Å². The maximum absolute atomic E-state index is 13.0. The number of hydrogen-bond donors (Lipinski definition) is 1. The molecule has 136 valence electrons. The van der Waals surface area contributed by atoms with Gasteiger partial charge in [-0.1, -0.05) is 18.2 Å². The highest BCUT2D eigenvalue weighted by Gasteiger charge is 2.47. The molecule has 3 rings (SSSR count). The average molecular weight is 355 g/mol. The number of carbonyl (C=O) groups is 2. The monoisotopic (exact) mass is 355 g/mol. The summed E-state index contributed by atoms with van der Waals surface area (Å²) in [7, 11) is 3.18. The molecule has 0 aliphatic heterocycles. The number of anilines is 1. The van der Waals surface area contributed by atoms with Crippen molar-refractivity contribution in [1.29, 1.82) is 0 Å². The third-order valence-corrected chi connectivity index (χ3v) is 4.57. The molecule has 2 aromatic rings. The Kier molecular flexibility index (Phi) is 5.11. The molecule has 26 heavy (non-hydrogen) atoms. The maximum Gasteiger partial charge on any atom is 0.323 e. The highest BCUT2D eigenvalue weighted by atomic mass is 16.5. The minimum atomic E-state index is -1.04. The normalized spacial score (nSPS) is 18.1. The lowest BCUT2D eigenvalue weighted by Gasteiger charge is -2.21. The molecule has 1 fully saturated rings. The predicted molar refractivity (Wildman–Crippen MR) is 96.8 cm³/mol. The molecule has 6 nitrogen and oxygen atoms in total. The second-order valence-corrected chi connectivity index (χ2v) is 6.21. The summed E-state index contributed by atoms with van der Waals surface area (Å²) in [6.45, 7) is -0.360. The molecule has 0 heterocycles. The van der Waals surface area contributed by atoms with Gasteiger partial charge in [-0.05, 0) is 36.8 Å². The van der Waals surface area contributed by atoms with E-state index in [4.69, 9.17) is 9.47 Å². The Morgan fingerprint density at radius 2 is 1.85 bits per heavy atom. The van der Waals surface area contributed by atoms with Crippen molar-refractivity contribution < 1.29 is 24.2 Å². The molecular weight excluding hydrogens is 334 g/mol. The van der Waals surface area contributed by atoms with Crippen LogP contribution in [0.4, 0.5) is 5.69 Å². The van der Waals surface area contributed by atoms with Crippen LogP contribution in [0.5, 0.6) is 11.5 Å². The Morgan fingerprint density at radius 3 is 2.46 bits per heavy atom. The van der Waals surface area contributed by atoms with E-state index in [1.807, 2.05) is 24.3 Å². The number of aliphatic carboxylic acids is 1. The summed E-state index contributed by atoms with van der Waals surface area (Å²) in [5, 5.41) is 9.20. The van der Waals surface area contributed by atoms with Crippen LogP contribution in [0, 0.1) is 5.92 Å². The summed E-state index contributed by atoms with van der Waals surface area (Å²) >= 11 is 0. The van der Waals surface area contributed by atoms with Crippen molar-refractivity contribution in [3.8, 4) is 11.5 Å². The molecule has 1 saturated carbocycles. The highest BCUT2D eigenvalue weighted by Crippen LogP contribution is 2.52. The number of rotatable bonds is 7. The Bertz CT molecular complexity index is 805. The number of carboxylic acids is 1. The minimum absolute atomic E-state index is 0.00689. The molecule has 1 aliphatic carbocycles. The van der Waals surface area contributed by atoms with Crippen molar-refractivity contribution in [1.82, 2.24) is 0 Å². The smallest absolute Gasteiger partial charge is 0.323 e. The quantitative estimate of drug-likeness (QED) is 0.826. The summed E-state index contributed by atoms with van der Waals surface area (Å²) in [4.78, 5) is 25.5. The van der Waals surface area contributed by atoms with Crippen LogP contribution < -0.4 is 14.4 Å². The number of ether oxygens (including phenoxy) is 2. The van der Waals surface area contributed by atoms with Crippen molar-refractivity contribution >= 4 is 17.6 Å². The molecule has 1 amide bonds. The van der Waals surface area contributed by atoms with E-state index < -0.39 is 5.97 Å². The second kappa shape index (κ2) is 7.47. The SMILES string of the molecule is COc1ccc(OC)c(C2CC2C(=O)N(CC(=O)O)c2ccccc2)c1. The second-order valence-electron chi connectivity index (χ2n) is 6.21. The molecule has 2 aromatic carbocycles. The first-order chi connectivity index (χ1) is 12.5. The maximum atomic E-state index is 13.0. The van der Waals surface area contributed by atoms with Gasteiger partial charge in [0.2, 0.25) is 5.91 Å². The van der Waals surface area contributed by atoms with Crippen molar-refractivity contribution in [2.45, 2.75) is 12.3 Å². The zero-order valence-electron chi connectivity index (χ0n) is 14.7. The lowest BCUT2D eigenvalue weighted by molar-refractivity contribution is -0.136. The largest absolute Gasteiger partial charge is 0.497 e. The fourth-order valence-corrected chi connectivity index (χ4v) is 3.18. The van der Waals surface area contributed by atoms with Crippen LogP contribution in [0.25, 0.3) is 0 Å². The molecule has 1 N–H and O–H groups in total. The number of hydrogen-bond acceptors (Lipinski definition) is 4. The van der Waals surface area contributed by atoms with E-state index in [1.54, 1.807) is 38.5 Å². The molecular formula is C20H21NO5. The third-order valence-electron chi connectivity index (χ3n) is 4.57. The minimum Gasteiger partial charge on any atom is -0.497 e. The van der Waals surface area contributed by atoms with Crippen LogP contribution in [0.3, 0.4) is 0 Å². The van der Waals surface area contributed by atoms with E-state index in [2.05, 4.69) is 0 Å². The zero-order valence-corrected chi connectivity index (χ0v) is 14.7. The Balaban J connectivity index is 1.84. The summed E-state index contributed by atoms with van der Waals surface area (Å²) < 4.78 is 10.7. The lowest BCUT2D eigenvalue weighted by Crippen LogP contribution is -2.37. The highest BCUT2D eigenvalue weighted by molar-refractivity contribution is 6.00. The number of nitrogens with zero attached hydrogens (tertiary/aromatic N) is 1. The number of para-hydroxylation sites is 1. The molecule has 0 radical (unpaired) electrons. The summed E-state index contributed by atoms with van der Waals surface area (Å²) in [6, 6.07) is 14.4. The number of amides is 1. The van der Waals surface area contributed by atoms with E-state index in [1.165, 1.54) is 4.90 Å². The molecule has 0 aromatic heterocycles. The average Bonchev–Trinajstić information content (AvgIpc) is 3.46. The van der Waals surface area contributed by atoms with Crippen LogP contribution in [0.15, 0.2) is 48.5 Å². The first-order valence-electron chi connectivity index (χ1n) is 8.35. The van der Waals surface area contributed by atoms with E-state index >= 15 is 0 Å². The van der Waals surface area contributed by atoms with Crippen LogP contribution in [0.1, 0.15) is 17.9 Å². The van der Waals surface area contributed by atoms with Gasteiger partial charge >= 0.3 is 5.97 Å².